The predicted molar refractivity (Wildman–Crippen MR) is 79.5 cm³/mol. The third-order valence-electron chi connectivity index (χ3n) is 2.96. The lowest BCUT2D eigenvalue weighted by molar-refractivity contribution is -0.121. The van der Waals surface area contributed by atoms with Crippen molar-refractivity contribution in [2.24, 2.45) is 10.7 Å². The molecular formula is C13H18N4O3S. The van der Waals surface area contributed by atoms with Crippen LogP contribution in [-0.2, 0) is 14.8 Å². The first-order valence-corrected chi connectivity index (χ1v) is 8.16. The quantitative estimate of drug-likeness (QED) is 0.619. The van der Waals surface area contributed by atoms with Gasteiger partial charge in [-0.3, -0.25) is 14.5 Å². The van der Waals surface area contributed by atoms with Gasteiger partial charge in [-0.05, 0) is 18.6 Å². The topological polar surface area (TPSA) is 114 Å². The number of hydrogen-bond acceptors (Lipinski definition) is 5. The summed E-state index contributed by atoms with van der Waals surface area (Å²) in [5.74, 6) is 0.265. The molecule has 0 unspecified atom stereocenters. The van der Waals surface area contributed by atoms with Crippen LogP contribution in [0.3, 0.4) is 0 Å². The van der Waals surface area contributed by atoms with Crippen molar-refractivity contribution >= 4 is 21.8 Å². The molecule has 8 heteroatoms. The second-order valence-electron chi connectivity index (χ2n) is 4.57. The number of rotatable bonds is 6. The lowest BCUT2D eigenvalue weighted by Gasteiger charge is -2.02. The van der Waals surface area contributed by atoms with Gasteiger partial charge in [-0.25, -0.2) is 8.42 Å². The zero-order valence-corrected chi connectivity index (χ0v) is 12.3. The maximum absolute atomic E-state index is 11.9. The first kappa shape index (κ1) is 15.5. The monoisotopic (exact) mass is 310 g/mol. The molecule has 0 bridgehead atoms. The Morgan fingerprint density at radius 2 is 2.10 bits per heavy atom. The number of fused-ring (bicyclic) bond motifs is 1. The maximum atomic E-state index is 11.9. The van der Waals surface area contributed by atoms with E-state index in [1.807, 2.05) is 0 Å². The number of hydrogen-bond donors (Lipinski definition) is 3. The van der Waals surface area contributed by atoms with Crippen molar-refractivity contribution in [3.8, 4) is 0 Å². The first-order chi connectivity index (χ1) is 10.0. The number of nitrogens with two attached hydrogens (primary N) is 1. The Balaban J connectivity index is 1.93. The summed E-state index contributed by atoms with van der Waals surface area (Å²) >= 11 is 0. The van der Waals surface area contributed by atoms with Gasteiger partial charge in [-0.2, -0.15) is 0 Å². The molecule has 4 N–H and O–H groups in total. The lowest BCUT2D eigenvalue weighted by Crippen LogP contribution is -2.28. The number of aliphatic imine (C=N–C) groups is 1. The van der Waals surface area contributed by atoms with E-state index in [1.165, 1.54) is 0 Å². The number of amides is 1. The molecule has 0 aliphatic carbocycles. The Kier molecular flexibility index (Phi) is 4.92. The van der Waals surface area contributed by atoms with Gasteiger partial charge in [-0.15, -0.1) is 0 Å². The van der Waals surface area contributed by atoms with Crippen molar-refractivity contribution in [1.82, 2.24) is 10.0 Å². The summed E-state index contributed by atoms with van der Waals surface area (Å²) in [6, 6.07) is 6.68. The molecule has 1 aromatic rings. The Morgan fingerprint density at radius 3 is 2.86 bits per heavy atom. The van der Waals surface area contributed by atoms with Crippen LogP contribution in [0.4, 0.5) is 0 Å². The number of amidine groups is 1. The normalized spacial score (nSPS) is 17.3. The average molecular weight is 310 g/mol. The molecule has 114 valence electrons. The van der Waals surface area contributed by atoms with Gasteiger partial charge in [0.25, 0.3) is 10.0 Å². The van der Waals surface area contributed by atoms with E-state index in [4.69, 9.17) is 5.73 Å². The van der Waals surface area contributed by atoms with E-state index in [9.17, 15) is 13.2 Å². The van der Waals surface area contributed by atoms with Crippen LogP contribution >= 0.6 is 0 Å². The third-order valence-corrected chi connectivity index (χ3v) is 4.36. The molecule has 1 aliphatic rings. The van der Waals surface area contributed by atoms with Gasteiger partial charge in [0, 0.05) is 31.6 Å². The number of carbonyl (C=O) groups excluding carboxylic acids is 1. The van der Waals surface area contributed by atoms with Crippen LogP contribution in [0.1, 0.15) is 18.4 Å². The highest BCUT2D eigenvalue weighted by molar-refractivity contribution is 7.90. The fourth-order valence-electron chi connectivity index (χ4n) is 1.98. The molecule has 1 aliphatic heterocycles. The standard InChI is InChI=1S/C13H18N4O3S/c14-7-9-15-12(18)6-3-8-16-13-10-4-1-2-5-11(10)21(19,20)17-13/h1-2,4-5H,3,6-9,14H2,(H,15,18)(H,16,17). The van der Waals surface area contributed by atoms with Gasteiger partial charge in [0.15, 0.2) is 0 Å². The van der Waals surface area contributed by atoms with Crippen LogP contribution in [0.5, 0.6) is 0 Å². The molecule has 7 nitrogen and oxygen atoms in total. The third kappa shape index (κ3) is 3.79. The summed E-state index contributed by atoms with van der Waals surface area (Å²) in [7, 11) is -3.49. The molecule has 0 fully saturated rings. The molecule has 0 aromatic heterocycles. The highest BCUT2D eigenvalue weighted by Gasteiger charge is 2.29. The van der Waals surface area contributed by atoms with Gasteiger partial charge >= 0.3 is 0 Å². The van der Waals surface area contributed by atoms with E-state index in [2.05, 4.69) is 15.0 Å². The lowest BCUT2D eigenvalue weighted by atomic mass is 10.2. The number of nitrogens with zero attached hydrogens (tertiary/aromatic N) is 1. The number of carbonyl (C=O) groups is 1. The van der Waals surface area contributed by atoms with Crippen molar-refractivity contribution < 1.29 is 13.2 Å². The maximum Gasteiger partial charge on any atom is 0.263 e. The van der Waals surface area contributed by atoms with Crippen molar-refractivity contribution in [2.75, 3.05) is 19.6 Å². The Labute approximate surface area is 123 Å². The van der Waals surface area contributed by atoms with E-state index < -0.39 is 10.0 Å². The van der Waals surface area contributed by atoms with Crippen LogP contribution in [0.15, 0.2) is 34.2 Å². The number of sulfonamides is 1. The molecular weight excluding hydrogens is 292 g/mol. The Bertz CT molecular complexity index is 655. The summed E-state index contributed by atoms with van der Waals surface area (Å²) in [4.78, 5) is 15.8. The average Bonchev–Trinajstić information content (AvgIpc) is 2.73. The first-order valence-electron chi connectivity index (χ1n) is 6.68. The van der Waals surface area contributed by atoms with Crippen molar-refractivity contribution in [1.29, 1.82) is 0 Å². The zero-order valence-electron chi connectivity index (χ0n) is 11.5. The van der Waals surface area contributed by atoms with Crippen LogP contribution in [-0.4, -0.2) is 39.8 Å². The fraction of sp³-hybridized carbons (Fsp3) is 0.385. The van der Waals surface area contributed by atoms with Gasteiger partial charge in [0.05, 0.1) is 4.90 Å². The number of benzene rings is 1. The van der Waals surface area contributed by atoms with Crippen molar-refractivity contribution in [2.45, 2.75) is 17.7 Å². The Hall–Kier alpha value is -1.93. The molecule has 1 heterocycles. The van der Waals surface area contributed by atoms with Gasteiger partial charge in [0.1, 0.15) is 5.84 Å². The summed E-state index contributed by atoms with van der Waals surface area (Å²) in [6.07, 6.45) is 0.884. The van der Waals surface area contributed by atoms with E-state index in [-0.39, 0.29) is 10.8 Å². The molecule has 1 amide bonds. The van der Waals surface area contributed by atoms with Crippen LogP contribution < -0.4 is 15.8 Å². The zero-order chi connectivity index (χ0) is 15.3. The molecule has 1 aromatic carbocycles. The fourth-order valence-corrected chi connectivity index (χ4v) is 3.23. The minimum atomic E-state index is -3.49. The van der Waals surface area contributed by atoms with Crippen LogP contribution in [0.25, 0.3) is 0 Å². The van der Waals surface area contributed by atoms with Gasteiger partial charge in [0.2, 0.25) is 5.91 Å². The molecule has 0 saturated heterocycles. The SMILES string of the molecule is NCCNC(=O)CCCN=C1NS(=O)(=O)c2ccccc21. The predicted octanol–water partition coefficient (Wildman–Crippen LogP) is -0.420. The van der Waals surface area contributed by atoms with Crippen LogP contribution in [0, 0.1) is 0 Å². The molecule has 0 saturated carbocycles. The summed E-state index contributed by atoms with van der Waals surface area (Å²) in [6.45, 7) is 1.25. The van der Waals surface area contributed by atoms with E-state index in [0.717, 1.165) is 0 Å². The smallest absolute Gasteiger partial charge is 0.263 e. The van der Waals surface area contributed by atoms with E-state index >= 15 is 0 Å². The van der Waals surface area contributed by atoms with Crippen molar-refractivity contribution in [3.63, 3.8) is 0 Å². The van der Waals surface area contributed by atoms with Gasteiger partial charge < -0.3 is 11.1 Å². The van der Waals surface area contributed by atoms with Gasteiger partial charge in [-0.1, -0.05) is 12.1 Å². The van der Waals surface area contributed by atoms with Crippen LogP contribution in [0.2, 0.25) is 0 Å². The summed E-state index contributed by atoms with van der Waals surface area (Å²) < 4.78 is 26.1. The number of nitrogens with one attached hydrogen (secondary N) is 2. The molecule has 21 heavy (non-hydrogen) atoms. The summed E-state index contributed by atoms with van der Waals surface area (Å²) in [5, 5.41) is 2.67. The minimum absolute atomic E-state index is 0.0759. The van der Waals surface area contributed by atoms with E-state index in [1.54, 1.807) is 24.3 Å². The highest BCUT2D eigenvalue weighted by Crippen LogP contribution is 2.22. The molecule has 0 radical (unpaired) electrons. The molecule has 2 rings (SSSR count). The second kappa shape index (κ2) is 6.68. The minimum Gasteiger partial charge on any atom is -0.355 e. The molecule has 0 atom stereocenters. The molecule has 0 spiro atoms. The summed E-state index contributed by atoms with van der Waals surface area (Å²) in [5.41, 5.74) is 5.86. The highest BCUT2D eigenvalue weighted by atomic mass is 32.2. The van der Waals surface area contributed by atoms with E-state index in [0.29, 0.717) is 43.9 Å². The second-order valence-corrected chi connectivity index (χ2v) is 6.22. The Morgan fingerprint density at radius 1 is 1.33 bits per heavy atom. The largest absolute Gasteiger partial charge is 0.355 e. The van der Waals surface area contributed by atoms with Crippen molar-refractivity contribution in [3.05, 3.63) is 29.8 Å².